The maximum Gasteiger partial charge on any atom is 0.112 e. The van der Waals surface area contributed by atoms with E-state index in [0.717, 1.165) is 38.4 Å². The highest BCUT2D eigenvalue weighted by atomic mass is 16.5. The van der Waals surface area contributed by atoms with E-state index in [1.165, 1.54) is 0 Å². The number of nitrogens with two attached hydrogens (primary N) is 1. The van der Waals surface area contributed by atoms with Crippen molar-refractivity contribution in [3.8, 4) is 0 Å². The molecule has 1 aromatic rings. The second-order valence-electron chi connectivity index (χ2n) is 4.37. The first kappa shape index (κ1) is 12.5. The van der Waals surface area contributed by atoms with E-state index < -0.39 is 0 Å². The largest absolute Gasteiger partial charge is 0.381 e. The molecule has 94 valence electrons. The molecular formula is C13H20N2O2. The van der Waals surface area contributed by atoms with Gasteiger partial charge in [0.25, 0.3) is 0 Å². The highest BCUT2D eigenvalue weighted by molar-refractivity contribution is 5.07. The summed E-state index contributed by atoms with van der Waals surface area (Å²) in [6.07, 6.45) is 3.86. The molecule has 0 spiro atoms. The molecule has 1 aromatic heterocycles. The molecule has 1 aliphatic rings. The molecule has 0 saturated carbocycles. The van der Waals surface area contributed by atoms with Crippen LogP contribution >= 0.6 is 0 Å². The molecule has 17 heavy (non-hydrogen) atoms. The molecule has 0 amide bonds. The van der Waals surface area contributed by atoms with Crippen LogP contribution < -0.4 is 5.73 Å². The summed E-state index contributed by atoms with van der Waals surface area (Å²) in [6.45, 7) is 2.93. The minimum atomic E-state index is -0.0842. The van der Waals surface area contributed by atoms with E-state index in [1.54, 1.807) is 6.20 Å². The van der Waals surface area contributed by atoms with Gasteiger partial charge in [-0.25, -0.2) is 0 Å². The van der Waals surface area contributed by atoms with Crippen LogP contribution in [0.4, 0.5) is 0 Å². The minimum absolute atomic E-state index is 0.0842. The molecule has 1 saturated heterocycles. The lowest BCUT2D eigenvalue weighted by Gasteiger charge is -2.24. The van der Waals surface area contributed by atoms with Gasteiger partial charge >= 0.3 is 0 Å². The smallest absolute Gasteiger partial charge is 0.112 e. The molecule has 1 unspecified atom stereocenters. The van der Waals surface area contributed by atoms with Crippen LogP contribution in [0.15, 0.2) is 24.4 Å². The molecule has 4 nitrogen and oxygen atoms in total. The SMILES string of the molecule is NCC(OCC1CCOCC1)c1ccccn1. The lowest BCUT2D eigenvalue weighted by molar-refractivity contribution is -0.0100. The zero-order valence-corrected chi connectivity index (χ0v) is 10.0. The van der Waals surface area contributed by atoms with E-state index in [2.05, 4.69) is 4.98 Å². The van der Waals surface area contributed by atoms with E-state index in [-0.39, 0.29) is 6.10 Å². The topological polar surface area (TPSA) is 57.4 Å². The number of hydrogen-bond acceptors (Lipinski definition) is 4. The van der Waals surface area contributed by atoms with E-state index in [1.807, 2.05) is 18.2 Å². The molecule has 1 fully saturated rings. The molecule has 0 aromatic carbocycles. The number of ether oxygens (including phenoxy) is 2. The van der Waals surface area contributed by atoms with E-state index in [4.69, 9.17) is 15.2 Å². The van der Waals surface area contributed by atoms with Gasteiger partial charge in [-0.3, -0.25) is 4.98 Å². The summed E-state index contributed by atoms with van der Waals surface area (Å²) in [6, 6.07) is 5.82. The fraction of sp³-hybridized carbons (Fsp3) is 0.615. The van der Waals surface area contributed by atoms with Crippen LogP contribution in [0.25, 0.3) is 0 Å². The molecule has 0 radical (unpaired) electrons. The maximum absolute atomic E-state index is 5.87. The van der Waals surface area contributed by atoms with Crippen LogP contribution in [-0.4, -0.2) is 31.3 Å². The molecule has 4 heteroatoms. The van der Waals surface area contributed by atoms with Crippen molar-refractivity contribution in [3.63, 3.8) is 0 Å². The molecule has 2 N–H and O–H groups in total. The standard InChI is InChI=1S/C13H20N2O2/c14-9-13(12-3-1-2-6-15-12)17-10-11-4-7-16-8-5-11/h1-3,6,11,13H,4-5,7-10,14H2. The number of rotatable bonds is 5. The van der Waals surface area contributed by atoms with Gasteiger partial charge in [0, 0.05) is 26.0 Å². The predicted octanol–water partition coefficient (Wildman–Crippen LogP) is 1.52. The third-order valence-corrected chi connectivity index (χ3v) is 3.11. The van der Waals surface area contributed by atoms with Gasteiger partial charge in [0.05, 0.1) is 12.3 Å². The fourth-order valence-corrected chi connectivity index (χ4v) is 2.01. The Labute approximate surface area is 102 Å². The van der Waals surface area contributed by atoms with Crippen LogP contribution in [0.1, 0.15) is 24.6 Å². The zero-order valence-electron chi connectivity index (χ0n) is 10.0. The van der Waals surface area contributed by atoms with Gasteiger partial charge in [0.1, 0.15) is 6.10 Å². The molecule has 2 rings (SSSR count). The van der Waals surface area contributed by atoms with Crippen molar-refractivity contribution >= 4 is 0 Å². The maximum atomic E-state index is 5.87. The molecule has 1 atom stereocenters. The lowest BCUT2D eigenvalue weighted by Crippen LogP contribution is -2.24. The molecule has 2 heterocycles. The van der Waals surface area contributed by atoms with Gasteiger partial charge in [-0.05, 0) is 30.9 Å². The average molecular weight is 236 g/mol. The molecule has 1 aliphatic heterocycles. The van der Waals surface area contributed by atoms with Gasteiger partial charge in [0.2, 0.25) is 0 Å². The third kappa shape index (κ3) is 3.77. The minimum Gasteiger partial charge on any atom is -0.381 e. The Morgan fingerprint density at radius 2 is 2.24 bits per heavy atom. The van der Waals surface area contributed by atoms with Crippen LogP contribution in [0.3, 0.4) is 0 Å². The summed E-state index contributed by atoms with van der Waals surface area (Å²) in [5, 5.41) is 0. The highest BCUT2D eigenvalue weighted by Gasteiger charge is 2.17. The van der Waals surface area contributed by atoms with Crippen molar-refractivity contribution in [1.29, 1.82) is 0 Å². The second kappa shape index (κ2) is 6.69. The first-order valence-corrected chi connectivity index (χ1v) is 6.20. The summed E-state index contributed by atoms with van der Waals surface area (Å²) in [5.41, 5.74) is 6.65. The van der Waals surface area contributed by atoms with Gasteiger partial charge in [-0.15, -0.1) is 0 Å². The molecule has 0 bridgehead atoms. The lowest BCUT2D eigenvalue weighted by atomic mass is 10.0. The van der Waals surface area contributed by atoms with Crippen molar-refractivity contribution in [1.82, 2.24) is 4.98 Å². The Morgan fingerprint density at radius 3 is 2.88 bits per heavy atom. The Hall–Kier alpha value is -0.970. The van der Waals surface area contributed by atoms with Crippen LogP contribution in [0.5, 0.6) is 0 Å². The number of nitrogens with zero attached hydrogens (tertiary/aromatic N) is 1. The van der Waals surface area contributed by atoms with Crippen LogP contribution in [0.2, 0.25) is 0 Å². The summed E-state index contributed by atoms with van der Waals surface area (Å²) in [5.74, 6) is 0.599. The van der Waals surface area contributed by atoms with Gasteiger partial charge in [-0.2, -0.15) is 0 Å². The summed E-state index contributed by atoms with van der Waals surface area (Å²) >= 11 is 0. The van der Waals surface area contributed by atoms with E-state index >= 15 is 0 Å². The first-order chi connectivity index (χ1) is 8.40. The first-order valence-electron chi connectivity index (χ1n) is 6.20. The Morgan fingerprint density at radius 1 is 1.41 bits per heavy atom. The quantitative estimate of drug-likeness (QED) is 0.842. The highest BCUT2D eigenvalue weighted by Crippen LogP contribution is 2.19. The monoisotopic (exact) mass is 236 g/mol. The zero-order chi connectivity index (χ0) is 11.9. The van der Waals surface area contributed by atoms with Crippen molar-refractivity contribution in [2.75, 3.05) is 26.4 Å². The van der Waals surface area contributed by atoms with Crippen molar-refractivity contribution in [2.24, 2.45) is 11.7 Å². The second-order valence-corrected chi connectivity index (χ2v) is 4.37. The predicted molar refractivity (Wildman–Crippen MR) is 65.5 cm³/mol. The number of hydrogen-bond donors (Lipinski definition) is 1. The van der Waals surface area contributed by atoms with E-state index in [0.29, 0.717) is 12.5 Å². The Balaban J connectivity index is 1.83. The fourth-order valence-electron chi connectivity index (χ4n) is 2.01. The van der Waals surface area contributed by atoms with Crippen molar-refractivity contribution in [2.45, 2.75) is 18.9 Å². The summed E-state index contributed by atoms with van der Waals surface area (Å²) < 4.78 is 11.2. The normalized spacial score (nSPS) is 19.1. The van der Waals surface area contributed by atoms with Crippen molar-refractivity contribution < 1.29 is 9.47 Å². The third-order valence-electron chi connectivity index (χ3n) is 3.11. The number of pyridine rings is 1. The van der Waals surface area contributed by atoms with Crippen molar-refractivity contribution in [3.05, 3.63) is 30.1 Å². The molecule has 0 aliphatic carbocycles. The van der Waals surface area contributed by atoms with Crippen LogP contribution in [-0.2, 0) is 9.47 Å². The van der Waals surface area contributed by atoms with E-state index in [9.17, 15) is 0 Å². The summed E-state index contributed by atoms with van der Waals surface area (Å²) in [7, 11) is 0. The average Bonchev–Trinajstić information content (AvgIpc) is 2.42. The van der Waals surface area contributed by atoms with Gasteiger partial charge < -0.3 is 15.2 Å². The Bertz CT molecular complexity index is 312. The number of aromatic nitrogens is 1. The summed E-state index contributed by atoms with van der Waals surface area (Å²) in [4.78, 5) is 4.28. The molecular weight excluding hydrogens is 216 g/mol. The Kier molecular flexibility index (Phi) is 4.91. The van der Waals surface area contributed by atoms with Gasteiger partial charge in [-0.1, -0.05) is 6.07 Å². The van der Waals surface area contributed by atoms with Crippen LogP contribution in [0, 0.1) is 5.92 Å². The van der Waals surface area contributed by atoms with Gasteiger partial charge in [0.15, 0.2) is 0 Å².